The number of hydrogen-bond acceptors (Lipinski definition) is 2. The van der Waals surface area contributed by atoms with Crippen molar-refractivity contribution in [2.75, 3.05) is 11.5 Å². The Kier molecular flexibility index (Phi) is 3.08. The van der Waals surface area contributed by atoms with Crippen molar-refractivity contribution in [1.29, 1.82) is 0 Å². The molecular formula is C13H18OS. The molecular weight excluding hydrogens is 204 g/mol. The molecule has 15 heavy (non-hydrogen) atoms. The first-order valence-corrected chi connectivity index (χ1v) is 6.72. The van der Waals surface area contributed by atoms with E-state index in [1.807, 2.05) is 11.8 Å². The average molecular weight is 222 g/mol. The summed E-state index contributed by atoms with van der Waals surface area (Å²) in [6, 6.07) is 8.43. The Labute approximate surface area is 95.9 Å². The van der Waals surface area contributed by atoms with Crippen molar-refractivity contribution < 1.29 is 5.11 Å². The summed E-state index contributed by atoms with van der Waals surface area (Å²) < 4.78 is 0. The Balaban J connectivity index is 2.28. The lowest BCUT2D eigenvalue weighted by Gasteiger charge is -2.27. The van der Waals surface area contributed by atoms with E-state index in [9.17, 15) is 5.11 Å². The Morgan fingerprint density at radius 3 is 2.53 bits per heavy atom. The molecule has 2 rings (SSSR count). The summed E-state index contributed by atoms with van der Waals surface area (Å²) in [5.74, 6) is 2.25. The van der Waals surface area contributed by atoms with Crippen LogP contribution in [0.4, 0.5) is 0 Å². The van der Waals surface area contributed by atoms with Crippen molar-refractivity contribution >= 4 is 11.8 Å². The molecule has 0 bridgehead atoms. The normalized spacial score (nSPS) is 30.7. The zero-order chi connectivity index (χ0) is 10.9. The molecule has 0 saturated carbocycles. The molecule has 0 spiro atoms. The monoisotopic (exact) mass is 222 g/mol. The molecule has 1 aromatic carbocycles. The van der Waals surface area contributed by atoms with Crippen molar-refractivity contribution in [3.05, 3.63) is 35.4 Å². The van der Waals surface area contributed by atoms with Crippen molar-refractivity contribution in [3.8, 4) is 0 Å². The summed E-state index contributed by atoms with van der Waals surface area (Å²) >= 11 is 1.84. The maximum atomic E-state index is 10.6. The van der Waals surface area contributed by atoms with E-state index in [1.165, 1.54) is 5.56 Å². The first-order chi connectivity index (χ1) is 7.16. The molecule has 0 radical (unpaired) electrons. The summed E-state index contributed by atoms with van der Waals surface area (Å²) in [7, 11) is 0. The summed E-state index contributed by atoms with van der Waals surface area (Å²) in [6.07, 6.45) is 1.06. The third-order valence-corrected chi connectivity index (χ3v) is 4.75. The highest BCUT2D eigenvalue weighted by molar-refractivity contribution is 7.99. The van der Waals surface area contributed by atoms with Crippen molar-refractivity contribution in [2.45, 2.75) is 25.9 Å². The molecule has 1 aromatic rings. The Hall–Kier alpha value is -0.470. The highest BCUT2D eigenvalue weighted by atomic mass is 32.2. The third kappa shape index (κ3) is 1.93. The Bertz CT molecular complexity index is 333. The molecule has 0 aliphatic carbocycles. The zero-order valence-electron chi connectivity index (χ0n) is 9.36. The van der Waals surface area contributed by atoms with E-state index in [1.54, 1.807) is 0 Å². The van der Waals surface area contributed by atoms with Crippen LogP contribution in [0.1, 0.15) is 25.0 Å². The van der Waals surface area contributed by atoms with E-state index in [2.05, 4.69) is 38.1 Å². The molecule has 0 amide bonds. The second-order valence-electron chi connectivity index (χ2n) is 4.39. The average Bonchev–Trinajstić information content (AvgIpc) is 2.61. The van der Waals surface area contributed by atoms with E-state index >= 15 is 0 Å². The molecule has 1 N–H and O–H groups in total. The first kappa shape index (κ1) is 11.0. The van der Waals surface area contributed by atoms with E-state index < -0.39 is 5.60 Å². The topological polar surface area (TPSA) is 20.2 Å². The zero-order valence-corrected chi connectivity index (χ0v) is 10.2. The fourth-order valence-electron chi connectivity index (χ4n) is 2.07. The lowest BCUT2D eigenvalue weighted by atomic mass is 9.85. The molecule has 1 nitrogen and oxygen atoms in total. The number of thioether (sulfide) groups is 1. The third-order valence-electron chi connectivity index (χ3n) is 3.37. The molecule has 0 unspecified atom stereocenters. The van der Waals surface area contributed by atoms with Crippen LogP contribution in [-0.4, -0.2) is 16.6 Å². The van der Waals surface area contributed by atoms with Crippen molar-refractivity contribution in [3.63, 3.8) is 0 Å². The maximum Gasteiger partial charge on any atom is 0.102 e. The van der Waals surface area contributed by atoms with Gasteiger partial charge in [0.25, 0.3) is 0 Å². The molecule has 1 aliphatic rings. The molecule has 1 saturated heterocycles. The van der Waals surface area contributed by atoms with Crippen molar-refractivity contribution in [2.24, 2.45) is 5.92 Å². The van der Waals surface area contributed by atoms with E-state index in [4.69, 9.17) is 0 Å². The molecule has 2 atom stereocenters. The number of hydrogen-bond donors (Lipinski definition) is 1. The summed E-state index contributed by atoms with van der Waals surface area (Å²) in [5.41, 5.74) is 1.81. The number of aryl methyl sites for hydroxylation is 1. The second-order valence-corrected chi connectivity index (χ2v) is 5.42. The van der Waals surface area contributed by atoms with Crippen LogP contribution in [0.2, 0.25) is 0 Å². The van der Waals surface area contributed by atoms with Crippen LogP contribution in [0.15, 0.2) is 24.3 Å². The SMILES string of the molecule is CCc1ccc([C@@]2(O)CSC[C@H]2C)cc1. The van der Waals surface area contributed by atoms with Gasteiger partial charge >= 0.3 is 0 Å². The van der Waals surface area contributed by atoms with Crippen LogP contribution < -0.4 is 0 Å². The van der Waals surface area contributed by atoms with E-state index in [0.29, 0.717) is 5.92 Å². The highest BCUT2D eigenvalue weighted by Gasteiger charge is 2.40. The van der Waals surface area contributed by atoms with Crippen LogP contribution in [-0.2, 0) is 12.0 Å². The lowest BCUT2D eigenvalue weighted by molar-refractivity contribution is 0.0234. The van der Waals surface area contributed by atoms with Gasteiger partial charge in [0.1, 0.15) is 5.60 Å². The summed E-state index contributed by atoms with van der Waals surface area (Å²) in [5, 5.41) is 10.6. The van der Waals surface area contributed by atoms with Crippen LogP contribution >= 0.6 is 11.8 Å². The van der Waals surface area contributed by atoms with Crippen LogP contribution in [0, 0.1) is 5.92 Å². The van der Waals surface area contributed by atoms with Gasteiger partial charge in [0.15, 0.2) is 0 Å². The molecule has 2 heteroatoms. The molecule has 1 heterocycles. The fourth-order valence-corrected chi connectivity index (χ4v) is 3.58. The smallest absolute Gasteiger partial charge is 0.102 e. The second kappa shape index (κ2) is 4.18. The minimum atomic E-state index is -0.600. The highest BCUT2D eigenvalue weighted by Crippen LogP contribution is 2.41. The first-order valence-electron chi connectivity index (χ1n) is 5.56. The van der Waals surface area contributed by atoms with Gasteiger partial charge in [-0.15, -0.1) is 0 Å². The Morgan fingerprint density at radius 2 is 2.07 bits per heavy atom. The molecule has 1 fully saturated rings. The quantitative estimate of drug-likeness (QED) is 0.830. The fraction of sp³-hybridized carbons (Fsp3) is 0.538. The van der Waals surface area contributed by atoms with Gasteiger partial charge in [0.05, 0.1) is 0 Å². The van der Waals surface area contributed by atoms with Gasteiger partial charge < -0.3 is 5.11 Å². The lowest BCUT2D eigenvalue weighted by Crippen LogP contribution is -2.32. The molecule has 82 valence electrons. The van der Waals surface area contributed by atoms with Gasteiger partial charge in [0, 0.05) is 5.75 Å². The van der Waals surface area contributed by atoms with Gasteiger partial charge in [-0.05, 0) is 29.2 Å². The van der Waals surface area contributed by atoms with Gasteiger partial charge in [-0.3, -0.25) is 0 Å². The van der Waals surface area contributed by atoms with Crippen LogP contribution in [0.5, 0.6) is 0 Å². The predicted molar refractivity (Wildman–Crippen MR) is 66.2 cm³/mol. The Morgan fingerprint density at radius 1 is 1.40 bits per heavy atom. The number of benzene rings is 1. The number of aliphatic hydroxyl groups is 1. The van der Waals surface area contributed by atoms with Gasteiger partial charge in [0.2, 0.25) is 0 Å². The van der Waals surface area contributed by atoms with Gasteiger partial charge in [-0.25, -0.2) is 0 Å². The summed E-state index contributed by atoms with van der Waals surface area (Å²) in [4.78, 5) is 0. The minimum absolute atomic E-state index is 0.356. The van der Waals surface area contributed by atoms with Crippen LogP contribution in [0.25, 0.3) is 0 Å². The molecule has 0 aromatic heterocycles. The largest absolute Gasteiger partial charge is 0.384 e. The van der Waals surface area contributed by atoms with Gasteiger partial charge in [-0.2, -0.15) is 11.8 Å². The molecule has 1 aliphatic heterocycles. The maximum absolute atomic E-state index is 10.6. The number of rotatable bonds is 2. The van der Waals surface area contributed by atoms with Crippen molar-refractivity contribution in [1.82, 2.24) is 0 Å². The standard InChI is InChI=1S/C13H18OS/c1-3-11-4-6-12(7-5-11)13(14)9-15-8-10(13)2/h4-7,10,14H,3,8-9H2,1-2H3/t10-,13-/m1/s1. The van der Waals surface area contributed by atoms with Gasteiger partial charge in [-0.1, -0.05) is 38.1 Å². The summed E-state index contributed by atoms with van der Waals surface area (Å²) in [6.45, 7) is 4.28. The van der Waals surface area contributed by atoms with E-state index in [-0.39, 0.29) is 0 Å². The predicted octanol–water partition coefficient (Wildman–Crippen LogP) is 2.82. The minimum Gasteiger partial charge on any atom is -0.384 e. The van der Waals surface area contributed by atoms with Crippen LogP contribution in [0.3, 0.4) is 0 Å². The van der Waals surface area contributed by atoms with E-state index in [0.717, 1.165) is 23.5 Å².